The van der Waals surface area contributed by atoms with Crippen LogP contribution in [-0.2, 0) is 0 Å². The molecule has 0 saturated heterocycles. The first-order valence-corrected chi connectivity index (χ1v) is 3.99. The zero-order chi connectivity index (χ0) is 5.98. The summed E-state index contributed by atoms with van der Waals surface area (Å²) in [6, 6.07) is 0. The summed E-state index contributed by atoms with van der Waals surface area (Å²) in [5, 5.41) is 0.692. The second-order valence-electron chi connectivity index (χ2n) is 1.14. The molecule has 0 saturated carbocycles. The molecular formula is C4H4BrNOS. The maximum Gasteiger partial charge on any atom is 0.256 e. The maximum absolute atomic E-state index is 4.92. The molecule has 0 radical (unpaired) electrons. The zero-order valence-corrected chi connectivity index (χ0v) is 6.62. The summed E-state index contributed by atoms with van der Waals surface area (Å²) in [6.07, 6.45) is 3.48. The lowest BCUT2D eigenvalue weighted by Crippen LogP contribution is -1.63. The molecule has 1 rings (SSSR count). The SMILES string of the molecule is CSc1nc(Br)co1. The lowest BCUT2D eigenvalue weighted by atomic mass is 11.0. The predicted octanol–water partition coefficient (Wildman–Crippen LogP) is 2.16. The van der Waals surface area contributed by atoms with Crippen LogP contribution in [0.15, 0.2) is 20.5 Å². The van der Waals surface area contributed by atoms with Crippen LogP contribution in [0.5, 0.6) is 0 Å². The fourth-order valence-corrected chi connectivity index (χ4v) is 1.04. The highest BCUT2D eigenvalue weighted by Crippen LogP contribution is 2.16. The first kappa shape index (κ1) is 6.16. The molecule has 0 N–H and O–H groups in total. The van der Waals surface area contributed by atoms with Crippen molar-refractivity contribution in [3.63, 3.8) is 0 Å². The maximum atomic E-state index is 4.92. The van der Waals surface area contributed by atoms with Crippen molar-refractivity contribution < 1.29 is 4.42 Å². The quantitative estimate of drug-likeness (QED) is 0.640. The Morgan fingerprint density at radius 1 is 1.88 bits per heavy atom. The first-order valence-electron chi connectivity index (χ1n) is 1.98. The van der Waals surface area contributed by atoms with E-state index >= 15 is 0 Å². The van der Waals surface area contributed by atoms with Crippen LogP contribution in [0.25, 0.3) is 0 Å². The minimum Gasteiger partial charge on any atom is -0.439 e. The molecule has 2 nitrogen and oxygen atoms in total. The van der Waals surface area contributed by atoms with Crippen molar-refractivity contribution in [1.29, 1.82) is 0 Å². The van der Waals surface area contributed by atoms with Gasteiger partial charge in [-0.3, -0.25) is 0 Å². The number of rotatable bonds is 1. The van der Waals surface area contributed by atoms with E-state index in [0.717, 1.165) is 4.60 Å². The summed E-state index contributed by atoms with van der Waals surface area (Å²) in [6.45, 7) is 0. The van der Waals surface area contributed by atoms with Crippen LogP contribution < -0.4 is 0 Å². The van der Waals surface area contributed by atoms with Crippen LogP contribution in [0.3, 0.4) is 0 Å². The Hall–Kier alpha value is 0.0400. The molecule has 0 atom stereocenters. The first-order chi connectivity index (χ1) is 3.83. The summed E-state index contributed by atoms with van der Waals surface area (Å²) in [5.74, 6) is 0. The number of hydrogen-bond acceptors (Lipinski definition) is 3. The van der Waals surface area contributed by atoms with E-state index in [0.29, 0.717) is 5.22 Å². The smallest absolute Gasteiger partial charge is 0.256 e. The second-order valence-corrected chi connectivity index (χ2v) is 2.71. The van der Waals surface area contributed by atoms with Crippen molar-refractivity contribution in [2.75, 3.05) is 6.26 Å². The molecule has 0 aliphatic rings. The number of thioether (sulfide) groups is 1. The van der Waals surface area contributed by atoms with Crippen LogP contribution in [0.4, 0.5) is 0 Å². The molecule has 0 unspecified atom stereocenters. The molecule has 8 heavy (non-hydrogen) atoms. The van der Waals surface area contributed by atoms with Gasteiger partial charge < -0.3 is 4.42 Å². The molecule has 4 heteroatoms. The van der Waals surface area contributed by atoms with Crippen LogP contribution in [-0.4, -0.2) is 11.2 Å². The van der Waals surface area contributed by atoms with E-state index in [2.05, 4.69) is 20.9 Å². The summed E-state index contributed by atoms with van der Waals surface area (Å²) in [7, 11) is 0. The molecule has 0 spiro atoms. The van der Waals surface area contributed by atoms with Gasteiger partial charge in [-0.25, -0.2) is 0 Å². The van der Waals surface area contributed by atoms with Crippen molar-refractivity contribution in [3.05, 3.63) is 10.9 Å². The van der Waals surface area contributed by atoms with Crippen LogP contribution in [0.1, 0.15) is 0 Å². The van der Waals surface area contributed by atoms with E-state index in [4.69, 9.17) is 4.42 Å². The van der Waals surface area contributed by atoms with Crippen LogP contribution in [0, 0.1) is 0 Å². The van der Waals surface area contributed by atoms with Crippen LogP contribution >= 0.6 is 27.7 Å². The molecule has 0 amide bonds. The van der Waals surface area contributed by atoms with Gasteiger partial charge in [0.1, 0.15) is 10.9 Å². The second kappa shape index (κ2) is 2.55. The molecule has 0 aliphatic heterocycles. The van der Waals surface area contributed by atoms with E-state index in [9.17, 15) is 0 Å². The van der Waals surface area contributed by atoms with Crippen LogP contribution in [0.2, 0.25) is 0 Å². The third-order valence-electron chi connectivity index (χ3n) is 0.630. The zero-order valence-electron chi connectivity index (χ0n) is 4.22. The van der Waals surface area contributed by atoms with Gasteiger partial charge in [0.15, 0.2) is 0 Å². The highest BCUT2D eigenvalue weighted by Gasteiger charge is 1.95. The van der Waals surface area contributed by atoms with Gasteiger partial charge in [0.2, 0.25) is 0 Å². The Bertz CT molecular complexity index is 176. The van der Waals surface area contributed by atoms with Gasteiger partial charge in [-0.2, -0.15) is 4.98 Å². The number of halogens is 1. The standard InChI is InChI=1S/C4H4BrNOS/c1-8-4-6-3(5)2-7-4/h2H,1H3. The van der Waals surface area contributed by atoms with Crippen molar-refractivity contribution in [2.45, 2.75) is 5.22 Å². The molecule has 1 heterocycles. The third kappa shape index (κ3) is 1.26. The summed E-state index contributed by atoms with van der Waals surface area (Å²) < 4.78 is 5.67. The van der Waals surface area contributed by atoms with Gasteiger partial charge in [0.25, 0.3) is 5.22 Å². The number of oxazole rings is 1. The monoisotopic (exact) mass is 193 g/mol. The van der Waals surface area contributed by atoms with E-state index in [-0.39, 0.29) is 0 Å². The largest absolute Gasteiger partial charge is 0.439 e. The minimum absolute atomic E-state index is 0.692. The van der Waals surface area contributed by atoms with E-state index < -0.39 is 0 Å². The average molecular weight is 194 g/mol. The minimum atomic E-state index is 0.692. The fraction of sp³-hybridized carbons (Fsp3) is 0.250. The van der Waals surface area contributed by atoms with Crippen molar-refractivity contribution in [3.8, 4) is 0 Å². The van der Waals surface area contributed by atoms with E-state index in [1.807, 2.05) is 6.26 Å². The van der Waals surface area contributed by atoms with E-state index in [1.165, 1.54) is 11.8 Å². The molecule has 1 aromatic heterocycles. The fourth-order valence-electron chi connectivity index (χ4n) is 0.333. The molecule has 0 aliphatic carbocycles. The van der Waals surface area contributed by atoms with Crippen molar-refractivity contribution >= 4 is 27.7 Å². The Kier molecular flexibility index (Phi) is 1.96. The molecule has 0 fully saturated rings. The third-order valence-corrected chi connectivity index (χ3v) is 1.53. The number of hydrogen-bond donors (Lipinski definition) is 0. The van der Waals surface area contributed by atoms with Gasteiger partial charge in [-0.1, -0.05) is 11.8 Å². The molecule has 0 aromatic carbocycles. The van der Waals surface area contributed by atoms with Gasteiger partial charge in [0, 0.05) is 0 Å². The van der Waals surface area contributed by atoms with Crippen molar-refractivity contribution in [2.24, 2.45) is 0 Å². The molecular weight excluding hydrogens is 190 g/mol. The lowest BCUT2D eigenvalue weighted by Gasteiger charge is -1.77. The highest BCUT2D eigenvalue weighted by atomic mass is 79.9. The predicted molar refractivity (Wildman–Crippen MR) is 36.0 cm³/mol. The van der Waals surface area contributed by atoms with Gasteiger partial charge in [-0.05, 0) is 22.2 Å². The average Bonchev–Trinajstić information content (AvgIpc) is 2.14. The normalized spacial score (nSPS) is 9.75. The number of aromatic nitrogens is 1. The molecule has 1 aromatic rings. The molecule has 44 valence electrons. The topological polar surface area (TPSA) is 26.0 Å². The summed E-state index contributed by atoms with van der Waals surface area (Å²) in [5.41, 5.74) is 0. The summed E-state index contributed by atoms with van der Waals surface area (Å²) in [4.78, 5) is 3.94. The molecule has 0 bridgehead atoms. The Labute approximate surface area is 59.8 Å². The Balaban J connectivity index is 2.84. The van der Waals surface area contributed by atoms with Gasteiger partial charge >= 0.3 is 0 Å². The lowest BCUT2D eigenvalue weighted by molar-refractivity contribution is 0.454. The highest BCUT2D eigenvalue weighted by molar-refractivity contribution is 9.10. The number of nitrogens with zero attached hydrogens (tertiary/aromatic N) is 1. The van der Waals surface area contributed by atoms with Gasteiger partial charge in [-0.15, -0.1) is 0 Å². The Morgan fingerprint density at radius 2 is 2.62 bits per heavy atom. The van der Waals surface area contributed by atoms with Gasteiger partial charge in [0.05, 0.1) is 0 Å². The van der Waals surface area contributed by atoms with Crippen molar-refractivity contribution in [1.82, 2.24) is 4.98 Å². The summed E-state index contributed by atoms with van der Waals surface area (Å²) >= 11 is 4.64. The van der Waals surface area contributed by atoms with E-state index in [1.54, 1.807) is 6.26 Å². The Morgan fingerprint density at radius 3 is 2.88 bits per heavy atom.